The number of ether oxygens (including phenoxy) is 2. The van der Waals surface area contributed by atoms with Crippen LogP contribution < -0.4 is 5.32 Å². The van der Waals surface area contributed by atoms with Gasteiger partial charge >= 0.3 is 5.97 Å². The molecular weight excluding hydrogens is 392 g/mol. The van der Waals surface area contributed by atoms with Gasteiger partial charge in [0, 0.05) is 36.3 Å². The summed E-state index contributed by atoms with van der Waals surface area (Å²) in [5.74, 6) is -0.380. The summed E-state index contributed by atoms with van der Waals surface area (Å²) in [6.07, 6.45) is 5.62. The maximum atomic E-state index is 12.5. The van der Waals surface area contributed by atoms with Crippen LogP contribution in [0.3, 0.4) is 0 Å². The van der Waals surface area contributed by atoms with Crippen LogP contribution in [0.5, 0.6) is 0 Å². The van der Waals surface area contributed by atoms with Gasteiger partial charge in [0.05, 0.1) is 35.8 Å². The Kier molecular flexibility index (Phi) is 6.08. The monoisotopic (exact) mass is 414 g/mol. The van der Waals surface area contributed by atoms with E-state index < -0.39 is 0 Å². The summed E-state index contributed by atoms with van der Waals surface area (Å²) in [5, 5.41) is 9.42. The molecule has 1 atom stereocenters. The Morgan fingerprint density at radius 3 is 3.10 bits per heavy atom. The molecule has 4 rings (SSSR count). The van der Waals surface area contributed by atoms with E-state index in [1.165, 1.54) is 0 Å². The quantitative estimate of drug-likeness (QED) is 0.596. The molecule has 0 spiro atoms. The zero-order valence-electron chi connectivity index (χ0n) is 16.2. The van der Waals surface area contributed by atoms with Crippen LogP contribution in [0.2, 0.25) is 5.02 Å². The summed E-state index contributed by atoms with van der Waals surface area (Å²) in [6.45, 7) is 4.09. The van der Waals surface area contributed by atoms with Gasteiger partial charge in [-0.1, -0.05) is 11.6 Å². The van der Waals surface area contributed by atoms with Crippen LogP contribution in [-0.2, 0) is 16.0 Å². The van der Waals surface area contributed by atoms with E-state index in [4.69, 9.17) is 21.1 Å². The van der Waals surface area contributed by atoms with Gasteiger partial charge in [-0.05, 0) is 44.0 Å². The predicted octanol–water partition coefficient (Wildman–Crippen LogP) is 3.52. The molecule has 3 aromatic rings. The second-order valence-corrected chi connectivity index (χ2v) is 7.33. The highest BCUT2D eigenvalue weighted by molar-refractivity contribution is 6.31. The van der Waals surface area contributed by atoms with Gasteiger partial charge in [-0.15, -0.1) is 0 Å². The SMILES string of the molecule is CCOC(=O)c1cnn(-c2ccnc3cc(Cl)ccc23)c1CNC[C@@H]1CCCO1. The molecule has 0 unspecified atom stereocenters. The summed E-state index contributed by atoms with van der Waals surface area (Å²) in [5.41, 5.74) is 2.78. The van der Waals surface area contributed by atoms with Crippen molar-refractivity contribution in [2.75, 3.05) is 19.8 Å². The molecule has 1 aliphatic rings. The second-order valence-electron chi connectivity index (χ2n) is 6.89. The van der Waals surface area contributed by atoms with E-state index in [0.29, 0.717) is 23.7 Å². The number of carbonyl (C=O) groups is 1. The third-order valence-corrected chi connectivity index (χ3v) is 5.20. The first-order valence-corrected chi connectivity index (χ1v) is 10.2. The summed E-state index contributed by atoms with van der Waals surface area (Å²) < 4.78 is 12.7. The fraction of sp³-hybridized carbons (Fsp3) is 0.381. The highest BCUT2D eigenvalue weighted by atomic mass is 35.5. The van der Waals surface area contributed by atoms with Gasteiger partial charge in [-0.25, -0.2) is 9.48 Å². The van der Waals surface area contributed by atoms with Gasteiger partial charge in [0.15, 0.2) is 0 Å². The van der Waals surface area contributed by atoms with Crippen LogP contribution in [0, 0.1) is 0 Å². The molecule has 0 aliphatic carbocycles. The van der Waals surface area contributed by atoms with Crippen molar-refractivity contribution in [2.45, 2.75) is 32.4 Å². The number of fused-ring (bicyclic) bond motifs is 1. The number of esters is 1. The molecule has 152 valence electrons. The fourth-order valence-electron chi connectivity index (χ4n) is 3.58. The van der Waals surface area contributed by atoms with Gasteiger partial charge in [-0.3, -0.25) is 4.98 Å². The van der Waals surface area contributed by atoms with Crippen molar-refractivity contribution < 1.29 is 14.3 Å². The molecule has 8 heteroatoms. The zero-order chi connectivity index (χ0) is 20.2. The van der Waals surface area contributed by atoms with E-state index in [2.05, 4.69) is 15.4 Å². The smallest absolute Gasteiger partial charge is 0.341 e. The molecule has 3 heterocycles. The maximum Gasteiger partial charge on any atom is 0.341 e. The van der Waals surface area contributed by atoms with Crippen molar-refractivity contribution in [3.05, 3.63) is 52.9 Å². The summed E-state index contributed by atoms with van der Waals surface area (Å²) >= 11 is 6.11. The summed E-state index contributed by atoms with van der Waals surface area (Å²) in [7, 11) is 0. The summed E-state index contributed by atoms with van der Waals surface area (Å²) in [6, 6.07) is 7.42. The third kappa shape index (κ3) is 4.27. The van der Waals surface area contributed by atoms with Gasteiger partial charge in [-0.2, -0.15) is 5.10 Å². The number of aromatic nitrogens is 3. The molecule has 1 saturated heterocycles. The molecule has 0 bridgehead atoms. The third-order valence-electron chi connectivity index (χ3n) is 4.96. The van der Waals surface area contributed by atoms with Crippen molar-refractivity contribution in [1.29, 1.82) is 0 Å². The van der Waals surface area contributed by atoms with E-state index >= 15 is 0 Å². The number of pyridine rings is 1. The first-order valence-electron chi connectivity index (χ1n) is 9.78. The number of carbonyl (C=O) groups excluding carboxylic acids is 1. The van der Waals surface area contributed by atoms with Crippen molar-refractivity contribution in [3.63, 3.8) is 0 Å². The molecule has 1 N–H and O–H groups in total. The number of nitrogens with one attached hydrogen (secondary N) is 1. The Balaban J connectivity index is 1.70. The van der Waals surface area contributed by atoms with Gasteiger partial charge < -0.3 is 14.8 Å². The van der Waals surface area contributed by atoms with Crippen LogP contribution in [0.15, 0.2) is 36.7 Å². The van der Waals surface area contributed by atoms with Crippen molar-refractivity contribution >= 4 is 28.5 Å². The number of rotatable bonds is 7. The number of halogens is 1. The van der Waals surface area contributed by atoms with E-state index in [9.17, 15) is 4.79 Å². The van der Waals surface area contributed by atoms with Gasteiger partial charge in [0.25, 0.3) is 0 Å². The maximum absolute atomic E-state index is 12.5. The molecule has 1 aliphatic heterocycles. The van der Waals surface area contributed by atoms with Crippen molar-refractivity contribution in [2.24, 2.45) is 0 Å². The Morgan fingerprint density at radius 2 is 2.31 bits per heavy atom. The van der Waals surface area contributed by atoms with Crippen LogP contribution >= 0.6 is 11.6 Å². The Bertz CT molecular complexity index is 1010. The molecule has 1 aromatic carbocycles. The minimum atomic E-state index is -0.380. The molecule has 2 aromatic heterocycles. The standard InChI is InChI=1S/C21H23ClN4O3/c1-2-28-21(27)17-12-25-26(20(17)13-23-11-15-4-3-9-29-15)19-7-8-24-18-10-14(22)5-6-16(18)19/h5-8,10,12,15,23H,2-4,9,11,13H2,1H3/t15-/m0/s1. The highest BCUT2D eigenvalue weighted by Gasteiger charge is 2.21. The number of nitrogens with zero attached hydrogens (tertiary/aromatic N) is 3. The molecule has 1 fully saturated rings. The van der Waals surface area contributed by atoms with E-state index in [1.54, 1.807) is 24.0 Å². The molecule has 0 amide bonds. The molecule has 7 nitrogen and oxygen atoms in total. The van der Waals surface area contributed by atoms with Gasteiger partial charge in [0.1, 0.15) is 5.56 Å². The topological polar surface area (TPSA) is 78.3 Å². The lowest BCUT2D eigenvalue weighted by Crippen LogP contribution is -2.27. The fourth-order valence-corrected chi connectivity index (χ4v) is 3.74. The Morgan fingerprint density at radius 1 is 1.41 bits per heavy atom. The molecule has 0 radical (unpaired) electrons. The highest BCUT2D eigenvalue weighted by Crippen LogP contribution is 2.25. The number of hydrogen-bond acceptors (Lipinski definition) is 6. The number of hydrogen-bond donors (Lipinski definition) is 1. The molecular formula is C21H23ClN4O3. The number of benzene rings is 1. The largest absolute Gasteiger partial charge is 0.462 e. The first kappa shape index (κ1) is 19.8. The molecule has 0 saturated carbocycles. The lowest BCUT2D eigenvalue weighted by molar-refractivity contribution is 0.0525. The molecule has 29 heavy (non-hydrogen) atoms. The van der Waals surface area contributed by atoms with Gasteiger partial charge in [0.2, 0.25) is 0 Å². The lowest BCUT2D eigenvalue weighted by atomic mass is 10.1. The average Bonchev–Trinajstić information content (AvgIpc) is 3.37. The minimum absolute atomic E-state index is 0.210. The van der Waals surface area contributed by atoms with Crippen LogP contribution in [-0.4, -0.2) is 46.6 Å². The van der Waals surface area contributed by atoms with Crippen molar-refractivity contribution in [1.82, 2.24) is 20.1 Å². The van der Waals surface area contributed by atoms with E-state index in [0.717, 1.165) is 48.3 Å². The van der Waals surface area contributed by atoms with Crippen molar-refractivity contribution in [3.8, 4) is 5.69 Å². The van der Waals surface area contributed by atoms with Crippen LogP contribution in [0.1, 0.15) is 35.8 Å². The minimum Gasteiger partial charge on any atom is -0.462 e. The normalized spacial score (nSPS) is 16.4. The first-order chi connectivity index (χ1) is 14.2. The Hall–Kier alpha value is -2.48. The summed E-state index contributed by atoms with van der Waals surface area (Å²) in [4.78, 5) is 16.9. The second kappa shape index (κ2) is 8.90. The average molecular weight is 415 g/mol. The zero-order valence-corrected chi connectivity index (χ0v) is 17.0. The van der Waals surface area contributed by atoms with Crippen LogP contribution in [0.4, 0.5) is 0 Å². The van der Waals surface area contributed by atoms with E-state index in [-0.39, 0.29) is 12.1 Å². The van der Waals surface area contributed by atoms with Crippen LogP contribution in [0.25, 0.3) is 16.6 Å². The van der Waals surface area contributed by atoms with E-state index in [1.807, 2.05) is 24.3 Å². The predicted molar refractivity (Wildman–Crippen MR) is 111 cm³/mol. The lowest BCUT2D eigenvalue weighted by Gasteiger charge is -2.14. The Labute approximate surface area is 174 Å².